The highest BCUT2D eigenvalue weighted by atomic mass is 16.5. The first-order chi connectivity index (χ1) is 13.9. The molecule has 0 fully saturated rings. The SMILES string of the molecule is COc1ccc(Cc2nc3c(c4c2[nH]c2ccccc24)C(O)CC(C)(C)C3)cc1. The maximum Gasteiger partial charge on any atom is 0.118 e. The first kappa shape index (κ1) is 18.2. The summed E-state index contributed by atoms with van der Waals surface area (Å²) in [6.45, 7) is 4.42. The van der Waals surface area contributed by atoms with Gasteiger partial charge in [0, 0.05) is 34.0 Å². The van der Waals surface area contributed by atoms with Gasteiger partial charge in [-0.15, -0.1) is 0 Å². The minimum Gasteiger partial charge on any atom is -0.497 e. The summed E-state index contributed by atoms with van der Waals surface area (Å²) in [6.07, 6.45) is 1.88. The number of aromatic nitrogens is 2. The summed E-state index contributed by atoms with van der Waals surface area (Å²) in [5.74, 6) is 0.854. The van der Waals surface area contributed by atoms with Crippen LogP contribution in [0, 0.1) is 5.41 Å². The highest BCUT2D eigenvalue weighted by molar-refractivity contribution is 6.10. The molecule has 4 aromatic rings. The first-order valence-electron chi connectivity index (χ1n) is 10.2. The number of H-pyrrole nitrogens is 1. The molecule has 2 aromatic carbocycles. The average Bonchev–Trinajstić information content (AvgIpc) is 3.07. The predicted octanol–water partition coefficient (Wildman–Crippen LogP) is 5.32. The van der Waals surface area contributed by atoms with Gasteiger partial charge < -0.3 is 14.8 Å². The summed E-state index contributed by atoms with van der Waals surface area (Å²) in [7, 11) is 1.68. The number of nitrogens with one attached hydrogen (secondary N) is 1. The van der Waals surface area contributed by atoms with Crippen LogP contribution in [0.2, 0.25) is 0 Å². The van der Waals surface area contributed by atoms with Crippen LogP contribution < -0.4 is 4.74 Å². The van der Waals surface area contributed by atoms with Gasteiger partial charge in [0.25, 0.3) is 0 Å². The zero-order valence-electron chi connectivity index (χ0n) is 17.1. The third-order valence-electron chi connectivity index (χ3n) is 6.10. The maximum atomic E-state index is 11.0. The van der Waals surface area contributed by atoms with Gasteiger partial charge in [0.05, 0.1) is 24.4 Å². The maximum absolute atomic E-state index is 11.0. The fourth-order valence-corrected chi connectivity index (χ4v) is 4.77. The van der Waals surface area contributed by atoms with Crippen molar-refractivity contribution in [3.8, 4) is 5.75 Å². The zero-order valence-corrected chi connectivity index (χ0v) is 17.1. The normalized spacial score (nSPS) is 18.1. The molecule has 0 amide bonds. The van der Waals surface area contributed by atoms with Crippen LogP contribution in [0.5, 0.6) is 5.75 Å². The van der Waals surface area contributed by atoms with Crippen LogP contribution in [-0.2, 0) is 12.8 Å². The van der Waals surface area contributed by atoms with Gasteiger partial charge in [0.2, 0.25) is 0 Å². The average molecular weight is 386 g/mol. The molecule has 1 atom stereocenters. The van der Waals surface area contributed by atoms with Crippen molar-refractivity contribution in [2.24, 2.45) is 5.41 Å². The number of aliphatic hydroxyl groups is 1. The molecule has 2 aromatic heterocycles. The Morgan fingerprint density at radius 1 is 1.14 bits per heavy atom. The summed E-state index contributed by atoms with van der Waals surface area (Å²) in [6, 6.07) is 16.5. The number of para-hydroxylation sites is 1. The van der Waals surface area contributed by atoms with Crippen LogP contribution >= 0.6 is 0 Å². The molecule has 29 heavy (non-hydrogen) atoms. The van der Waals surface area contributed by atoms with E-state index in [0.29, 0.717) is 0 Å². The molecule has 2 N–H and O–H groups in total. The van der Waals surface area contributed by atoms with Gasteiger partial charge >= 0.3 is 0 Å². The Morgan fingerprint density at radius 3 is 2.66 bits per heavy atom. The second-order valence-electron chi connectivity index (χ2n) is 8.93. The number of ether oxygens (including phenoxy) is 1. The van der Waals surface area contributed by atoms with Crippen molar-refractivity contribution in [2.75, 3.05) is 7.11 Å². The molecule has 2 heterocycles. The molecule has 4 heteroatoms. The largest absolute Gasteiger partial charge is 0.497 e. The summed E-state index contributed by atoms with van der Waals surface area (Å²) >= 11 is 0. The summed E-state index contributed by atoms with van der Waals surface area (Å²) < 4.78 is 5.29. The Labute approximate surface area is 170 Å². The van der Waals surface area contributed by atoms with Crippen molar-refractivity contribution in [1.29, 1.82) is 0 Å². The summed E-state index contributed by atoms with van der Waals surface area (Å²) in [4.78, 5) is 8.68. The molecule has 1 aliphatic carbocycles. The molecular formula is C25H26N2O2. The van der Waals surface area contributed by atoms with Gasteiger partial charge in [0.15, 0.2) is 0 Å². The molecule has 0 spiro atoms. The Bertz CT molecular complexity index is 1210. The van der Waals surface area contributed by atoms with E-state index in [-0.39, 0.29) is 5.41 Å². The zero-order chi connectivity index (χ0) is 20.2. The Morgan fingerprint density at radius 2 is 1.90 bits per heavy atom. The Balaban J connectivity index is 1.74. The van der Waals surface area contributed by atoms with Crippen molar-refractivity contribution >= 4 is 21.8 Å². The topological polar surface area (TPSA) is 58.1 Å². The Hall–Kier alpha value is -2.85. The minimum atomic E-state index is -0.488. The van der Waals surface area contributed by atoms with E-state index in [2.05, 4.69) is 49.2 Å². The summed E-state index contributed by atoms with van der Waals surface area (Å²) in [5.41, 5.74) is 6.44. The lowest BCUT2D eigenvalue weighted by atomic mass is 9.74. The lowest BCUT2D eigenvalue weighted by Gasteiger charge is -2.34. The smallest absolute Gasteiger partial charge is 0.118 e. The van der Waals surface area contributed by atoms with Gasteiger partial charge in [-0.05, 0) is 42.0 Å². The molecule has 1 unspecified atom stereocenters. The van der Waals surface area contributed by atoms with Gasteiger partial charge in [-0.1, -0.05) is 44.2 Å². The first-order valence-corrected chi connectivity index (χ1v) is 10.2. The number of hydrogen-bond donors (Lipinski definition) is 2. The monoisotopic (exact) mass is 386 g/mol. The van der Waals surface area contributed by atoms with E-state index in [4.69, 9.17) is 9.72 Å². The lowest BCUT2D eigenvalue weighted by Crippen LogP contribution is -2.27. The second kappa shape index (κ2) is 6.60. The van der Waals surface area contributed by atoms with Crippen LogP contribution in [0.4, 0.5) is 0 Å². The van der Waals surface area contributed by atoms with Crippen LogP contribution in [0.25, 0.3) is 21.8 Å². The number of aromatic amines is 1. The highest BCUT2D eigenvalue weighted by Crippen LogP contribution is 2.45. The standard InChI is InChI=1S/C25H26N2O2/c1-25(2)13-20-23(21(28)14-25)22-17-6-4-5-7-18(17)27-24(22)19(26-20)12-15-8-10-16(29-3)11-9-15/h4-11,21,27-28H,12-14H2,1-3H3. The number of rotatable bonds is 3. The number of hydrogen-bond acceptors (Lipinski definition) is 3. The Kier molecular flexibility index (Phi) is 4.14. The van der Waals surface area contributed by atoms with E-state index in [1.54, 1.807) is 7.11 Å². The number of benzene rings is 2. The lowest BCUT2D eigenvalue weighted by molar-refractivity contribution is 0.0997. The summed E-state index contributed by atoms with van der Waals surface area (Å²) in [5, 5.41) is 13.3. The molecule has 0 radical (unpaired) electrons. The van der Waals surface area contributed by atoms with Gasteiger partial charge in [0.1, 0.15) is 5.75 Å². The molecule has 148 valence electrons. The van der Waals surface area contributed by atoms with Crippen molar-refractivity contribution in [2.45, 2.75) is 39.2 Å². The number of fused-ring (bicyclic) bond motifs is 5. The quantitative estimate of drug-likeness (QED) is 0.501. The highest BCUT2D eigenvalue weighted by Gasteiger charge is 2.35. The van der Waals surface area contributed by atoms with E-state index >= 15 is 0 Å². The van der Waals surface area contributed by atoms with Gasteiger partial charge in [-0.25, -0.2) is 0 Å². The molecule has 1 aliphatic rings. The molecule has 4 nitrogen and oxygen atoms in total. The van der Waals surface area contributed by atoms with Crippen LogP contribution in [-0.4, -0.2) is 22.2 Å². The van der Waals surface area contributed by atoms with Gasteiger partial charge in [-0.3, -0.25) is 4.98 Å². The third-order valence-corrected chi connectivity index (χ3v) is 6.10. The van der Waals surface area contributed by atoms with Crippen molar-refractivity contribution in [1.82, 2.24) is 9.97 Å². The predicted molar refractivity (Wildman–Crippen MR) is 116 cm³/mol. The van der Waals surface area contributed by atoms with E-state index in [9.17, 15) is 5.11 Å². The number of nitrogens with zero attached hydrogens (tertiary/aromatic N) is 1. The fraction of sp³-hybridized carbons (Fsp3) is 0.320. The van der Waals surface area contributed by atoms with Crippen LogP contribution in [0.1, 0.15) is 48.9 Å². The third kappa shape index (κ3) is 3.08. The van der Waals surface area contributed by atoms with E-state index < -0.39 is 6.10 Å². The van der Waals surface area contributed by atoms with E-state index in [0.717, 1.165) is 63.8 Å². The molecular weight excluding hydrogens is 360 g/mol. The van der Waals surface area contributed by atoms with Crippen LogP contribution in [0.15, 0.2) is 48.5 Å². The molecule has 5 rings (SSSR count). The number of aliphatic hydroxyl groups excluding tert-OH is 1. The van der Waals surface area contributed by atoms with Crippen molar-refractivity contribution in [3.63, 3.8) is 0 Å². The van der Waals surface area contributed by atoms with E-state index in [1.807, 2.05) is 18.2 Å². The van der Waals surface area contributed by atoms with Crippen LogP contribution in [0.3, 0.4) is 0 Å². The molecule has 0 aliphatic heterocycles. The minimum absolute atomic E-state index is 0.0383. The van der Waals surface area contributed by atoms with Crippen molar-refractivity contribution < 1.29 is 9.84 Å². The second-order valence-corrected chi connectivity index (χ2v) is 8.93. The fourth-order valence-electron chi connectivity index (χ4n) is 4.77. The number of pyridine rings is 1. The molecule has 0 saturated carbocycles. The molecule has 0 bridgehead atoms. The van der Waals surface area contributed by atoms with Gasteiger partial charge in [-0.2, -0.15) is 0 Å². The van der Waals surface area contributed by atoms with E-state index in [1.165, 1.54) is 5.56 Å². The number of methoxy groups -OCH3 is 1. The molecule has 0 saturated heterocycles. The van der Waals surface area contributed by atoms with Crippen molar-refractivity contribution in [3.05, 3.63) is 71.0 Å².